The Balaban J connectivity index is 1.53. The van der Waals surface area contributed by atoms with Crippen LogP contribution >= 0.6 is 0 Å². The standard InChI is InChI=1S/C26H28N2O5/c1-4-6-25(30)27-22-11-8-20(9-12-22)24(29)17-33-26(31)13-10-21-15-18(2)28(19(21)3)16-23-7-5-14-32-23/h5,7-15H,4,6,16-17H2,1-3H3,(H,27,30)/b13-10+. The van der Waals surface area contributed by atoms with Gasteiger partial charge in [-0.05, 0) is 74.4 Å². The summed E-state index contributed by atoms with van der Waals surface area (Å²) >= 11 is 0. The van der Waals surface area contributed by atoms with Crippen molar-refractivity contribution >= 4 is 29.4 Å². The number of carbonyl (C=O) groups excluding carboxylic acids is 3. The Morgan fingerprint density at radius 2 is 1.88 bits per heavy atom. The molecular weight excluding hydrogens is 420 g/mol. The van der Waals surface area contributed by atoms with Crippen molar-refractivity contribution < 1.29 is 23.5 Å². The summed E-state index contributed by atoms with van der Waals surface area (Å²) in [6.45, 7) is 6.14. The third-order valence-electron chi connectivity index (χ3n) is 5.22. The number of hydrogen-bond acceptors (Lipinski definition) is 5. The first-order valence-corrected chi connectivity index (χ1v) is 10.8. The normalized spacial score (nSPS) is 11.0. The van der Waals surface area contributed by atoms with Crippen molar-refractivity contribution in [3.63, 3.8) is 0 Å². The van der Waals surface area contributed by atoms with E-state index >= 15 is 0 Å². The summed E-state index contributed by atoms with van der Waals surface area (Å²) in [5.41, 5.74) is 3.95. The highest BCUT2D eigenvalue weighted by atomic mass is 16.5. The molecule has 33 heavy (non-hydrogen) atoms. The Morgan fingerprint density at radius 3 is 2.55 bits per heavy atom. The van der Waals surface area contributed by atoms with Crippen LogP contribution in [0.4, 0.5) is 5.69 Å². The molecule has 0 aliphatic rings. The molecular formula is C26H28N2O5. The molecule has 0 atom stereocenters. The number of anilines is 1. The molecule has 7 nitrogen and oxygen atoms in total. The zero-order chi connectivity index (χ0) is 23.8. The summed E-state index contributed by atoms with van der Waals surface area (Å²) in [4.78, 5) is 36.1. The predicted octanol–water partition coefficient (Wildman–Crippen LogP) is 4.92. The summed E-state index contributed by atoms with van der Waals surface area (Å²) in [6.07, 6.45) is 5.84. The molecule has 0 radical (unpaired) electrons. The molecule has 0 saturated carbocycles. The van der Waals surface area contributed by atoms with Crippen molar-refractivity contribution in [3.8, 4) is 0 Å². The van der Waals surface area contributed by atoms with E-state index in [1.54, 1.807) is 36.6 Å². The quantitative estimate of drug-likeness (QED) is 0.270. The number of aromatic nitrogens is 1. The molecule has 0 bridgehead atoms. The second-order valence-corrected chi connectivity index (χ2v) is 7.73. The Morgan fingerprint density at radius 1 is 1.12 bits per heavy atom. The summed E-state index contributed by atoms with van der Waals surface area (Å²) in [7, 11) is 0. The van der Waals surface area contributed by atoms with Crippen molar-refractivity contribution in [2.75, 3.05) is 11.9 Å². The van der Waals surface area contributed by atoms with Crippen LogP contribution in [-0.2, 0) is 20.9 Å². The number of amides is 1. The van der Waals surface area contributed by atoms with Crippen molar-refractivity contribution in [2.45, 2.75) is 40.2 Å². The van der Waals surface area contributed by atoms with Gasteiger partial charge < -0.3 is 19.0 Å². The van der Waals surface area contributed by atoms with Gasteiger partial charge in [0.25, 0.3) is 0 Å². The van der Waals surface area contributed by atoms with E-state index in [1.165, 1.54) is 6.08 Å². The topological polar surface area (TPSA) is 90.5 Å². The summed E-state index contributed by atoms with van der Waals surface area (Å²) in [6, 6.07) is 12.2. The molecule has 2 heterocycles. The van der Waals surface area contributed by atoms with Crippen LogP contribution in [0.15, 0.2) is 59.2 Å². The van der Waals surface area contributed by atoms with Crippen molar-refractivity contribution in [1.82, 2.24) is 4.57 Å². The van der Waals surface area contributed by atoms with E-state index in [4.69, 9.17) is 9.15 Å². The molecule has 0 aliphatic carbocycles. The predicted molar refractivity (Wildman–Crippen MR) is 126 cm³/mol. The highest BCUT2D eigenvalue weighted by Gasteiger charge is 2.11. The van der Waals surface area contributed by atoms with Gasteiger partial charge in [-0.2, -0.15) is 0 Å². The lowest BCUT2D eigenvalue weighted by Gasteiger charge is -2.07. The monoisotopic (exact) mass is 448 g/mol. The minimum Gasteiger partial charge on any atom is -0.467 e. The van der Waals surface area contributed by atoms with Crippen LogP contribution in [-0.4, -0.2) is 28.8 Å². The maximum Gasteiger partial charge on any atom is 0.331 e. The molecule has 7 heteroatoms. The van der Waals surface area contributed by atoms with Crippen LogP contribution in [0.1, 0.15) is 52.8 Å². The van der Waals surface area contributed by atoms with E-state index in [0.29, 0.717) is 24.2 Å². The number of aryl methyl sites for hydroxylation is 1. The van der Waals surface area contributed by atoms with E-state index < -0.39 is 5.97 Å². The minimum absolute atomic E-state index is 0.0703. The largest absolute Gasteiger partial charge is 0.467 e. The number of Topliss-reactive ketones (excluding diaryl/α,β-unsaturated/α-hetero) is 1. The van der Waals surface area contributed by atoms with Crippen LogP contribution in [0.25, 0.3) is 6.08 Å². The number of hydrogen-bond donors (Lipinski definition) is 1. The van der Waals surface area contributed by atoms with E-state index in [9.17, 15) is 14.4 Å². The Labute approximate surface area is 193 Å². The Hall–Kier alpha value is -3.87. The highest BCUT2D eigenvalue weighted by Crippen LogP contribution is 2.19. The van der Waals surface area contributed by atoms with E-state index in [2.05, 4.69) is 9.88 Å². The molecule has 1 amide bonds. The molecule has 0 unspecified atom stereocenters. The third-order valence-corrected chi connectivity index (χ3v) is 5.22. The molecule has 0 fully saturated rings. The van der Waals surface area contributed by atoms with Crippen LogP contribution in [0.2, 0.25) is 0 Å². The summed E-state index contributed by atoms with van der Waals surface area (Å²) in [5, 5.41) is 2.76. The van der Waals surface area contributed by atoms with Gasteiger partial charge in [0.2, 0.25) is 5.91 Å². The van der Waals surface area contributed by atoms with Gasteiger partial charge in [-0.1, -0.05) is 6.92 Å². The van der Waals surface area contributed by atoms with Gasteiger partial charge in [0.15, 0.2) is 12.4 Å². The number of nitrogens with zero attached hydrogens (tertiary/aromatic N) is 1. The van der Waals surface area contributed by atoms with Crippen molar-refractivity contribution in [2.24, 2.45) is 0 Å². The van der Waals surface area contributed by atoms with Crippen LogP contribution < -0.4 is 5.32 Å². The number of ketones is 1. The number of esters is 1. The van der Waals surface area contributed by atoms with Gasteiger partial charge in [-0.15, -0.1) is 0 Å². The average Bonchev–Trinajstić information content (AvgIpc) is 3.40. The fourth-order valence-electron chi connectivity index (χ4n) is 3.41. The maximum atomic E-state index is 12.3. The third kappa shape index (κ3) is 6.55. The molecule has 1 aromatic carbocycles. The van der Waals surface area contributed by atoms with Gasteiger partial charge >= 0.3 is 5.97 Å². The number of carbonyl (C=O) groups is 3. The molecule has 2 aromatic heterocycles. The number of nitrogens with one attached hydrogen (secondary N) is 1. The lowest BCUT2D eigenvalue weighted by molar-refractivity contribution is -0.136. The molecule has 0 aliphatic heterocycles. The number of benzene rings is 1. The fraction of sp³-hybridized carbons (Fsp3) is 0.269. The van der Waals surface area contributed by atoms with Gasteiger partial charge in [0.05, 0.1) is 12.8 Å². The average molecular weight is 449 g/mol. The number of furan rings is 1. The maximum absolute atomic E-state index is 12.3. The number of rotatable bonds is 10. The van der Waals surface area contributed by atoms with E-state index in [-0.39, 0.29) is 18.3 Å². The second kappa shape index (κ2) is 11.1. The molecule has 172 valence electrons. The zero-order valence-electron chi connectivity index (χ0n) is 19.1. The minimum atomic E-state index is -0.595. The van der Waals surface area contributed by atoms with Gasteiger partial charge in [-0.3, -0.25) is 9.59 Å². The first-order valence-electron chi connectivity index (χ1n) is 10.8. The van der Waals surface area contributed by atoms with Crippen LogP contribution in [0, 0.1) is 13.8 Å². The SMILES string of the molecule is CCCC(=O)Nc1ccc(C(=O)COC(=O)/C=C/c2cc(C)n(Cc3ccco3)c2C)cc1. The molecule has 3 rings (SSSR count). The van der Waals surface area contributed by atoms with Crippen LogP contribution in [0.5, 0.6) is 0 Å². The van der Waals surface area contributed by atoms with E-state index in [0.717, 1.165) is 29.1 Å². The van der Waals surface area contributed by atoms with Gasteiger partial charge in [-0.25, -0.2) is 4.79 Å². The molecule has 0 saturated heterocycles. The Bertz CT molecular complexity index is 1140. The first kappa shape index (κ1) is 23.8. The molecule has 3 aromatic rings. The Kier molecular flexibility index (Phi) is 8.02. The van der Waals surface area contributed by atoms with Crippen molar-refractivity contribution in [3.05, 3.63) is 83.1 Å². The van der Waals surface area contributed by atoms with Gasteiger partial charge in [0.1, 0.15) is 5.76 Å². The van der Waals surface area contributed by atoms with Crippen molar-refractivity contribution in [1.29, 1.82) is 0 Å². The second-order valence-electron chi connectivity index (χ2n) is 7.73. The molecule has 1 N–H and O–H groups in total. The number of ether oxygens (including phenoxy) is 1. The highest BCUT2D eigenvalue weighted by molar-refractivity contribution is 5.99. The summed E-state index contributed by atoms with van der Waals surface area (Å²) in [5.74, 6) is -0.136. The lowest BCUT2D eigenvalue weighted by atomic mass is 10.1. The summed E-state index contributed by atoms with van der Waals surface area (Å²) < 4.78 is 12.6. The lowest BCUT2D eigenvalue weighted by Crippen LogP contribution is -2.13. The fourth-order valence-corrected chi connectivity index (χ4v) is 3.41. The van der Waals surface area contributed by atoms with Crippen LogP contribution in [0.3, 0.4) is 0 Å². The van der Waals surface area contributed by atoms with Gasteiger partial charge in [0, 0.05) is 35.1 Å². The molecule has 0 spiro atoms. The first-order chi connectivity index (χ1) is 15.9. The van der Waals surface area contributed by atoms with E-state index in [1.807, 2.05) is 39.0 Å². The zero-order valence-corrected chi connectivity index (χ0v) is 19.1. The smallest absolute Gasteiger partial charge is 0.331 e.